The molecule has 0 radical (unpaired) electrons. The Morgan fingerprint density at radius 1 is 1.33 bits per heavy atom. The van der Waals surface area contributed by atoms with E-state index in [2.05, 4.69) is 31.8 Å². The van der Waals surface area contributed by atoms with Gasteiger partial charge in [0.2, 0.25) is 5.91 Å². The number of carbonyl (C=O) groups is 2. The average molecular weight is 398 g/mol. The molecule has 0 aliphatic rings. The normalized spacial score (nSPS) is 12.5. The molecule has 132 valence electrons. The predicted octanol–water partition coefficient (Wildman–Crippen LogP) is 2.93. The van der Waals surface area contributed by atoms with Crippen molar-refractivity contribution in [3.8, 4) is 5.75 Å². The number of nitrogens with one attached hydrogen (secondary N) is 2. The number of hydrogen-bond donors (Lipinski definition) is 2. The van der Waals surface area contributed by atoms with E-state index in [1.807, 2.05) is 32.9 Å². The molecule has 1 atom stereocenters. The second-order valence-electron chi connectivity index (χ2n) is 5.66. The minimum Gasteiger partial charge on any atom is -0.483 e. The molecule has 0 aliphatic heterocycles. The fourth-order valence-corrected chi connectivity index (χ4v) is 2.36. The molecule has 0 fully saturated rings. The van der Waals surface area contributed by atoms with Crippen LogP contribution in [-0.4, -0.2) is 30.2 Å². The van der Waals surface area contributed by atoms with Crippen molar-refractivity contribution in [3.63, 3.8) is 0 Å². The molecule has 24 heavy (non-hydrogen) atoms. The Morgan fingerprint density at radius 3 is 2.67 bits per heavy atom. The van der Waals surface area contributed by atoms with Gasteiger partial charge in [0.05, 0.1) is 10.9 Å². The van der Waals surface area contributed by atoms with E-state index in [-0.39, 0.29) is 30.9 Å². The molecule has 7 heteroatoms. The number of benzene rings is 1. The van der Waals surface area contributed by atoms with Gasteiger partial charge in [-0.15, -0.1) is 0 Å². The Balaban J connectivity index is 2.40. The minimum atomic E-state index is -0.385. The summed E-state index contributed by atoms with van der Waals surface area (Å²) in [5.74, 6) is 0.0910. The molecule has 2 amide bonds. The zero-order chi connectivity index (χ0) is 18.1. The van der Waals surface area contributed by atoms with E-state index in [9.17, 15) is 9.59 Å². The predicted molar refractivity (Wildman–Crippen MR) is 98.1 cm³/mol. The summed E-state index contributed by atoms with van der Waals surface area (Å²) in [4.78, 5) is 23.5. The number of amides is 2. The molecule has 6 nitrogen and oxygen atoms in total. The lowest BCUT2D eigenvalue weighted by Crippen LogP contribution is -2.33. The maximum Gasteiger partial charge on any atom is 0.277 e. The van der Waals surface area contributed by atoms with Crippen molar-refractivity contribution >= 4 is 33.5 Å². The van der Waals surface area contributed by atoms with E-state index in [0.29, 0.717) is 11.5 Å². The van der Waals surface area contributed by atoms with Gasteiger partial charge in [-0.2, -0.15) is 5.10 Å². The molecule has 0 aromatic heterocycles. The van der Waals surface area contributed by atoms with Crippen molar-refractivity contribution in [1.82, 2.24) is 10.7 Å². The van der Waals surface area contributed by atoms with Crippen LogP contribution in [0.3, 0.4) is 0 Å². The van der Waals surface area contributed by atoms with Crippen LogP contribution in [0, 0.1) is 6.92 Å². The molecule has 1 aromatic rings. The van der Waals surface area contributed by atoms with E-state index in [1.54, 1.807) is 13.0 Å². The number of halogens is 1. The van der Waals surface area contributed by atoms with Crippen molar-refractivity contribution in [2.24, 2.45) is 5.10 Å². The summed E-state index contributed by atoms with van der Waals surface area (Å²) in [6, 6.07) is 5.73. The number of carbonyl (C=O) groups excluding carboxylic acids is 2. The Bertz CT molecular complexity index is 617. The smallest absolute Gasteiger partial charge is 0.277 e. The van der Waals surface area contributed by atoms with Gasteiger partial charge in [-0.05, 0) is 60.8 Å². The third kappa shape index (κ3) is 7.59. The lowest BCUT2D eigenvalue weighted by Gasteiger charge is -2.11. The average Bonchev–Trinajstić information content (AvgIpc) is 2.51. The zero-order valence-electron chi connectivity index (χ0n) is 14.5. The first kappa shape index (κ1) is 20.2. The molecule has 0 bridgehead atoms. The number of nitrogens with zero attached hydrogens (tertiary/aromatic N) is 1. The quantitative estimate of drug-likeness (QED) is 0.522. The Hall–Kier alpha value is -1.89. The first-order chi connectivity index (χ1) is 11.3. The van der Waals surface area contributed by atoms with Crippen LogP contribution in [0.15, 0.2) is 27.8 Å². The van der Waals surface area contributed by atoms with Gasteiger partial charge in [-0.25, -0.2) is 5.43 Å². The summed E-state index contributed by atoms with van der Waals surface area (Å²) in [5, 5.41) is 6.75. The molecule has 1 aromatic carbocycles. The molecule has 0 saturated heterocycles. The van der Waals surface area contributed by atoms with Crippen LogP contribution >= 0.6 is 15.9 Å². The lowest BCUT2D eigenvalue weighted by atomic mass is 10.2. The van der Waals surface area contributed by atoms with Gasteiger partial charge in [0.25, 0.3) is 5.91 Å². The van der Waals surface area contributed by atoms with Crippen molar-refractivity contribution in [2.75, 3.05) is 6.61 Å². The highest BCUT2D eigenvalue weighted by Crippen LogP contribution is 2.25. The highest BCUT2D eigenvalue weighted by Gasteiger charge is 2.08. The molecule has 0 saturated carbocycles. The highest BCUT2D eigenvalue weighted by atomic mass is 79.9. The molecular formula is C17H24BrN3O3. The largest absolute Gasteiger partial charge is 0.483 e. The first-order valence-corrected chi connectivity index (χ1v) is 8.61. The molecule has 0 aliphatic carbocycles. The Kier molecular flexibility index (Phi) is 8.46. The number of hydrogen-bond acceptors (Lipinski definition) is 4. The molecule has 0 heterocycles. The second kappa shape index (κ2) is 10.1. The third-order valence-corrected chi connectivity index (χ3v) is 3.87. The van der Waals surface area contributed by atoms with Crippen LogP contribution in [0.1, 0.15) is 39.2 Å². The van der Waals surface area contributed by atoms with E-state index < -0.39 is 0 Å². The summed E-state index contributed by atoms with van der Waals surface area (Å²) in [5.41, 5.74) is 4.01. The van der Waals surface area contributed by atoms with Gasteiger partial charge >= 0.3 is 0 Å². The summed E-state index contributed by atoms with van der Waals surface area (Å²) >= 11 is 3.38. The summed E-state index contributed by atoms with van der Waals surface area (Å²) < 4.78 is 6.22. The van der Waals surface area contributed by atoms with Crippen molar-refractivity contribution in [1.29, 1.82) is 0 Å². The summed E-state index contributed by atoms with van der Waals surface area (Å²) in [7, 11) is 0. The van der Waals surface area contributed by atoms with E-state index in [4.69, 9.17) is 4.74 Å². The maximum absolute atomic E-state index is 11.7. The highest BCUT2D eigenvalue weighted by molar-refractivity contribution is 9.10. The maximum atomic E-state index is 11.7. The minimum absolute atomic E-state index is 0.111. The van der Waals surface area contributed by atoms with Crippen molar-refractivity contribution in [3.05, 3.63) is 28.2 Å². The van der Waals surface area contributed by atoms with Gasteiger partial charge in [0.15, 0.2) is 6.61 Å². The topological polar surface area (TPSA) is 79.8 Å². The zero-order valence-corrected chi connectivity index (χ0v) is 16.1. The van der Waals surface area contributed by atoms with E-state index in [0.717, 1.165) is 16.5 Å². The molecule has 0 spiro atoms. The van der Waals surface area contributed by atoms with Gasteiger partial charge < -0.3 is 10.1 Å². The van der Waals surface area contributed by atoms with Gasteiger partial charge in [-0.3, -0.25) is 9.59 Å². The number of aryl methyl sites for hydroxylation is 1. The van der Waals surface area contributed by atoms with Gasteiger partial charge in [-0.1, -0.05) is 13.0 Å². The third-order valence-electron chi connectivity index (χ3n) is 3.25. The molecule has 2 N–H and O–H groups in total. The summed E-state index contributed by atoms with van der Waals surface area (Å²) in [6.07, 6.45) is 1.01. The SMILES string of the molecule is CC[C@@H](C)NC(=O)C/C(C)=N\NC(=O)COc1ccc(C)cc1Br. The van der Waals surface area contributed by atoms with Crippen LogP contribution in [0.5, 0.6) is 5.75 Å². The van der Waals surface area contributed by atoms with Gasteiger partial charge in [0, 0.05) is 11.8 Å². The van der Waals surface area contributed by atoms with E-state index >= 15 is 0 Å². The van der Waals surface area contributed by atoms with Crippen LogP contribution < -0.4 is 15.5 Å². The Morgan fingerprint density at radius 2 is 2.04 bits per heavy atom. The number of ether oxygens (including phenoxy) is 1. The van der Waals surface area contributed by atoms with Crippen molar-refractivity contribution < 1.29 is 14.3 Å². The molecular weight excluding hydrogens is 374 g/mol. The monoisotopic (exact) mass is 397 g/mol. The van der Waals surface area contributed by atoms with Crippen LogP contribution in [-0.2, 0) is 9.59 Å². The Labute approximate surface area is 151 Å². The van der Waals surface area contributed by atoms with Crippen LogP contribution in [0.2, 0.25) is 0 Å². The second-order valence-corrected chi connectivity index (χ2v) is 6.51. The van der Waals surface area contributed by atoms with Gasteiger partial charge in [0.1, 0.15) is 5.75 Å². The van der Waals surface area contributed by atoms with Crippen molar-refractivity contribution in [2.45, 2.75) is 46.6 Å². The lowest BCUT2D eigenvalue weighted by molar-refractivity contribution is -0.123. The van der Waals surface area contributed by atoms with Crippen LogP contribution in [0.4, 0.5) is 0 Å². The fraction of sp³-hybridized carbons (Fsp3) is 0.471. The molecule has 0 unspecified atom stereocenters. The number of rotatable bonds is 8. The summed E-state index contributed by atoms with van der Waals surface area (Å²) in [6.45, 7) is 7.44. The standard InChI is InChI=1S/C17H24BrN3O3/c1-5-12(3)19-16(22)9-13(4)20-21-17(23)10-24-15-7-6-11(2)8-14(15)18/h6-8,12H,5,9-10H2,1-4H3,(H,19,22)(H,21,23)/b20-13-/t12-/m1/s1. The van der Waals surface area contributed by atoms with Crippen LogP contribution in [0.25, 0.3) is 0 Å². The van der Waals surface area contributed by atoms with E-state index in [1.165, 1.54) is 0 Å². The fourth-order valence-electron chi connectivity index (χ4n) is 1.76. The number of hydrazone groups is 1. The first-order valence-electron chi connectivity index (χ1n) is 7.82. The molecule has 1 rings (SSSR count).